The molecule has 1 aliphatic rings. The maximum atomic E-state index is 14.6. The minimum atomic E-state index is -4.55. The fourth-order valence-corrected chi connectivity index (χ4v) is 20.0. The molecule has 54 nitrogen and oxygen atoms in total. The molecule has 9 amide bonds. The Bertz CT molecular complexity index is 5960. The first-order chi connectivity index (χ1) is 70.9. The number of aliphatic carboxylic acids is 3. The van der Waals surface area contributed by atoms with Gasteiger partial charge >= 0.3 is 17.9 Å². The van der Waals surface area contributed by atoms with Crippen LogP contribution in [-0.2, 0) is 105 Å². The van der Waals surface area contributed by atoms with E-state index in [1.165, 1.54) is 52.0 Å². The average Bonchev–Trinajstić information content (AvgIpc) is 1.85. The Morgan fingerprint density at radius 1 is 0.459 bits per heavy atom. The van der Waals surface area contributed by atoms with Crippen LogP contribution in [0.2, 0.25) is 0 Å². The summed E-state index contributed by atoms with van der Waals surface area (Å²) in [5, 5.41) is 105. The molecule has 9 rings (SSSR count). The summed E-state index contributed by atoms with van der Waals surface area (Å²) in [7, 11) is -9.04. The van der Waals surface area contributed by atoms with E-state index < -0.39 is 184 Å². The Hall–Kier alpha value is -13.2. The number of ether oxygens (including phenoxy) is 2. The number of H-pyrrole nitrogens is 2. The van der Waals surface area contributed by atoms with E-state index in [2.05, 4.69) is 117 Å². The minimum absolute atomic E-state index is 0.0310. The van der Waals surface area contributed by atoms with Gasteiger partial charge in [0, 0.05) is 208 Å². The number of nitrogens with one attached hydrogen (secondary N) is 15. The van der Waals surface area contributed by atoms with Crippen molar-refractivity contribution in [2.45, 2.75) is 139 Å². The Kier molecular flexibility index (Phi) is 48.7. The Morgan fingerprint density at radius 3 is 1.28 bits per heavy atom. The van der Waals surface area contributed by atoms with Crippen molar-refractivity contribution in [2.24, 2.45) is 0 Å². The molecule has 5 heterocycles. The number of sulfonamides is 2. The van der Waals surface area contributed by atoms with Crippen LogP contribution < -0.4 is 77.4 Å². The summed E-state index contributed by atoms with van der Waals surface area (Å²) in [6.45, 7) is 8.34. The number of carboxylic acids is 3. The predicted octanol–water partition coefficient (Wildman–Crippen LogP) is -0.863. The second-order valence-electron chi connectivity index (χ2n) is 34.2. The number of rotatable bonds is 65. The fraction of sp³-hybridized carbons (Fsp3) is 0.500. The molecule has 1 fully saturated rings. The molecule has 148 heavy (non-hydrogen) atoms. The zero-order chi connectivity index (χ0) is 107. The first-order valence-electron chi connectivity index (χ1n) is 47.3. The summed E-state index contributed by atoms with van der Waals surface area (Å²) in [6, 6.07) is 7.32. The predicted molar refractivity (Wildman–Crippen MR) is 535 cm³/mol. The van der Waals surface area contributed by atoms with Gasteiger partial charge in [-0.2, -0.15) is 19.6 Å². The molecule has 0 bridgehead atoms. The minimum Gasteiger partial charge on any atom is -0.494 e. The number of Topliss-reactive ketones (excluding diaryl/α,β-unsaturated/α-hetero) is 1. The van der Waals surface area contributed by atoms with Crippen LogP contribution in [0.3, 0.4) is 0 Å². The van der Waals surface area contributed by atoms with Crippen LogP contribution in [0.5, 0.6) is 11.5 Å². The Morgan fingerprint density at radius 2 is 0.872 bits per heavy atom. The molecule has 1 saturated heterocycles. The number of carbonyl (C=O) groups is 13. The van der Waals surface area contributed by atoms with Crippen LogP contribution in [0.25, 0.3) is 21.8 Å². The summed E-state index contributed by atoms with van der Waals surface area (Å²) in [5.74, 6) is -10.6. The summed E-state index contributed by atoms with van der Waals surface area (Å²) in [6.07, 6.45) is 10.2. The van der Waals surface area contributed by atoms with E-state index in [4.69, 9.17) is 20.0 Å². The molecule has 0 radical (unpaired) electrons. The lowest BCUT2D eigenvalue weighted by molar-refractivity contribution is -0.432. The summed E-state index contributed by atoms with van der Waals surface area (Å²) in [5.41, 5.74) is 2.69. The van der Waals surface area contributed by atoms with Gasteiger partial charge in [0.1, 0.15) is 48.3 Å². The number of aromatic nitrogens is 8. The van der Waals surface area contributed by atoms with E-state index in [1.807, 2.05) is 11.8 Å². The van der Waals surface area contributed by atoms with Crippen LogP contribution in [0.4, 0.5) is 11.9 Å². The topological polar surface area (TPSA) is 729 Å². The van der Waals surface area contributed by atoms with Crippen molar-refractivity contribution in [3.63, 3.8) is 0 Å². The maximum absolute atomic E-state index is 14.6. The van der Waals surface area contributed by atoms with E-state index >= 15 is 0 Å². The number of aromatic amines is 2. The number of aliphatic hydroxyl groups excluding tert-OH is 1. The summed E-state index contributed by atoms with van der Waals surface area (Å²) < 4.78 is 84.6. The molecule has 0 unspecified atom stereocenters. The number of hydrogen-bond donors (Lipinski definition) is 21. The molecule has 1 aliphatic heterocycles. The van der Waals surface area contributed by atoms with Crippen LogP contribution in [-0.4, -0.2) is 376 Å². The van der Waals surface area contributed by atoms with E-state index in [-0.39, 0.29) is 159 Å². The fourth-order valence-electron chi connectivity index (χ4n) is 15.8. The van der Waals surface area contributed by atoms with Crippen molar-refractivity contribution in [1.82, 2.24) is 116 Å². The second kappa shape index (κ2) is 60.9. The van der Waals surface area contributed by atoms with Gasteiger partial charge in [0.2, 0.25) is 61.4 Å². The van der Waals surface area contributed by atoms with E-state index in [9.17, 15) is 99.6 Å². The number of aryl methyl sites for hydroxylation is 6. The van der Waals surface area contributed by atoms with Gasteiger partial charge in [-0.25, -0.2) is 37.3 Å². The zero-order valence-corrected chi connectivity index (χ0v) is 85.3. The Labute approximate surface area is 859 Å². The molecule has 58 heteroatoms. The highest BCUT2D eigenvalue weighted by molar-refractivity contribution is 7.94. The summed E-state index contributed by atoms with van der Waals surface area (Å²) in [4.78, 5) is 194. The molecule has 0 aliphatic carbocycles. The van der Waals surface area contributed by atoms with Gasteiger partial charge in [0.15, 0.2) is 17.7 Å². The molecular weight excluding hydrogens is 2020 g/mol. The van der Waals surface area contributed by atoms with Gasteiger partial charge in [0.25, 0.3) is 11.8 Å². The largest absolute Gasteiger partial charge is 0.494 e. The number of amides is 9. The first kappa shape index (κ1) is 118. The first-order valence-corrected chi connectivity index (χ1v) is 52.1. The normalized spacial score (nSPS) is 14.2. The number of ketones is 1. The molecule has 810 valence electrons. The van der Waals surface area contributed by atoms with Gasteiger partial charge < -0.3 is 103 Å². The molecule has 0 spiro atoms. The quantitative estimate of drug-likeness (QED) is 0.00954. The van der Waals surface area contributed by atoms with Crippen molar-refractivity contribution in [3.05, 3.63) is 131 Å². The second-order valence-corrected chi connectivity index (χ2v) is 38.9. The molecule has 8 aromatic rings. The lowest BCUT2D eigenvalue weighted by Gasteiger charge is -2.33. The highest BCUT2D eigenvalue weighted by Gasteiger charge is 2.35. The molecule has 5 atom stereocenters. The van der Waals surface area contributed by atoms with Crippen molar-refractivity contribution in [3.8, 4) is 11.5 Å². The molecule has 0 saturated carbocycles. The summed E-state index contributed by atoms with van der Waals surface area (Å²) >= 11 is 0.740. The number of likely N-dealkylation sites (N-methyl/N-ethyl adjacent to an activating group) is 1. The van der Waals surface area contributed by atoms with E-state index in [0.717, 1.165) is 11.0 Å². The number of nitrogens with zero attached hydrogens (tertiary/aromatic N) is 10. The van der Waals surface area contributed by atoms with Crippen molar-refractivity contribution in [2.75, 3.05) is 173 Å². The van der Waals surface area contributed by atoms with Crippen LogP contribution in [0, 0.1) is 27.7 Å². The average molecular weight is 2150 g/mol. The van der Waals surface area contributed by atoms with Gasteiger partial charge in [-0.15, -0.1) is 8.67 Å². The zero-order valence-electron chi connectivity index (χ0n) is 82.1. The molecule has 21 N–H and O–H groups in total. The lowest BCUT2D eigenvalue weighted by atomic mass is 10.1. The van der Waals surface area contributed by atoms with E-state index in [0.29, 0.717) is 112 Å². The lowest BCUT2D eigenvalue weighted by Crippen LogP contribution is -2.56. The van der Waals surface area contributed by atoms with Gasteiger partial charge in [-0.1, -0.05) is 17.0 Å². The van der Waals surface area contributed by atoms with E-state index in [1.54, 1.807) is 97.6 Å². The molecule has 4 aromatic heterocycles. The highest BCUT2D eigenvalue weighted by atomic mass is 32.2. The number of carboxylic acid groups (broad SMARTS) is 3. The van der Waals surface area contributed by atoms with Crippen molar-refractivity contribution in [1.29, 1.82) is 0 Å². The van der Waals surface area contributed by atoms with Crippen molar-refractivity contribution < 1.29 is 138 Å². The SMILES string of the molecule is CCN1CCN(CC(=O)O)CCN(CC(=O)O)CCN(CC(=O)N[C@@H](CCC(=O)N[C@@H](CSOOO)C(=O)NCCNC(=O)CCCOc2cc(C)c(S(=O)(=O)N[C@@H](CNC(=O)c3ccc4c(cnn4CCCNc4ncc[nH]4)c3)C(=O)CO)c(C)c2)C(=O)N[C@@H](CSOOO)C(=O)NCCNC(=O)CCCOc2cc(C)c(S(=O)(=O)N[C@@H](CNC(=O)c3ccc4c(cnn4CCCNc4ncc[nH]4)c3)C(=O)O)c(C)c2)CC1. The third kappa shape index (κ3) is 39.5. The van der Waals surface area contributed by atoms with Crippen LogP contribution in [0.15, 0.2) is 108 Å². The molecular formula is C90H127N25O29S4. The third-order valence-corrected chi connectivity index (χ3v) is 27.9. The standard InChI is InChI=1S/C90H127N25O29S4/c1-6-110-31-33-111(35-36-113(53-80(124)125)38-37-112(34-32-110)52-79(122)123)51-78(121)105-67(87(130)107-71(56-146-144-142-134)86(129)94-24-22-92-76(119)12-8-40-140-66-43-59(4)82(60(5)44-66)148(137,138)109-69(88(131)132)50-102-84(127)62-14-17-73-64(46-62)48-104-115(73)30-10-20-96-90-99-27-28-100-90)15-18-77(120)106-70(55-145-143-141-133)85(128)93-23-21-91-75(118)11-7-39-139-65-41-57(2)81(58(3)42-65)147(135,136)108-68(74(117)54-116)49-101-83(126)61-13-16-72-63(45-61)47-103-114(72)29-9-19-95-89-97-25-26-98-89/h13-14,16-17,25-28,41-48,67-71,108-109,116,133-134H,6-12,15,18-24,29-40,49-56H2,1-5H3,(H,91,118)(H,92,119)(H,93,128)(H,94,129)(H,101,126)(H,102,127)(H,105,121)(H,106,120)(H,107,130)(H,122,123)(H,124,125)(H,131,132)(H2,95,97,98)(H2,96,99,100)/t67-,68-,69-,70-,71-/m0/s1. The number of aliphatic hydroxyl groups is 1. The molecule has 4 aromatic carbocycles. The highest BCUT2D eigenvalue weighted by Crippen LogP contribution is 2.30. The van der Waals surface area contributed by atoms with Crippen LogP contribution >= 0.6 is 24.1 Å². The maximum Gasteiger partial charge on any atom is 0.323 e. The monoisotopic (exact) mass is 2150 g/mol. The number of carbonyl (C=O) groups excluding carboxylic acids is 10. The number of hydrogen-bond acceptors (Lipinski definition) is 38. The van der Waals surface area contributed by atoms with Gasteiger partial charge in [-0.3, -0.25) is 86.4 Å². The smallest absolute Gasteiger partial charge is 0.323 e. The number of fused-ring (bicyclic) bond motifs is 2. The number of anilines is 2. The Balaban J connectivity index is 0.745. The number of benzene rings is 4. The number of imidazole rings is 2. The third-order valence-electron chi connectivity index (χ3n) is 23.1. The van der Waals surface area contributed by atoms with Crippen molar-refractivity contribution >= 4 is 155 Å². The van der Waals surface area contributed by atoms with Gasteiger partial charge in [0.05, 0.1) is 77.6 Å². The van der Waals surface area contributed by atoms with Gasteiger partial charge in [-0.05, 0) is 149 Å². The van der Waals surface area contributed by atoms with Crippen LogP contribution in [0.1, 0.15) is 101 Å².